The number of ether oxygens (including phenoxy) is 1. The van der Waals surface area contributed by atoms with Gasteiger partial charge in [0.05, 0.1) is 6.54 Å². The molecule has 0 aliphatic heterocycles. The van der Waals surface area contributed by atoms with Gasteiger partial charge in [-0.1, -0.05) is 45.7 Å². The summed E-state index contributed by atoms with van der Waals surface area (Å²) in [5.74, 6) is 0.520. The first-order valence-electron chi connectivity index (χ1n) is 8.70. The molecule has 4 rings (SSSR count). The average Bonchev–Trinajstić information content (AvgIpc) is 3.03. The van der Waals surface area contributed by atoms with Gasteiger partial charge < -0.3 is 4.74 Å². The van der Waals surface area contributed by atoms with Gasteiger partial charge in [0, 0.05) is 23.6 Å². The fourth-order valence-corrected chi connectivity index (χ4v) is 3.60. The molecule has 29 heavy (non-hydrogen) atoms. The summed E-state index contributed by atoms with van der Waals surface area (Å²) < 4.78 is 10.7. The predicted molar refractivity (Wildman–Crippen MR) is 115 cm³/mol. The van der Waals surface area contributed by atoms with Crippen LogP contribution in [0.25, 0.3) is 11.2 Å². The van der Waals surface area contributed by atoms with E-state index >= 15 is 0 Å². The van der Waals surface area contributed by atoms with Gasteiger partial charge in [0.1, 0.15) is 5.75 Å². The zero-order valence-corrected chi connectivity index (χ0v) is 17.9. The molecule has 2 aromatic carbocycles. The number of hydrogen-bond donors (Lipinski definition) is 0. The molecular formula is C20H16BrClN4O3. The summed E-state index contributed by atoms with van der Waals surface area (Å²) in [6.07, 6.45) is 0. The van der Waals surface area contributed by atoms with E-state index in [1.165, 1.54) is 9.13 Å². The maximum atomic E-state index is 13.1. The van der Waals surface area contributed by atoms with Gasteiger partial charge in [-0.3, -0.25) is 18.5 Å². The van der Waals surface area contributed by atoms with E-state index in [0.29, 0.717) is 10.8 Å². The molecule has 0 saturated carbocycles. The Labute approximate surface area is 178 Å². The number of rotatable bonds is 4. The molecule has 148 valence electrons. The second-order valence-electron chi connectivity index (χ2n) is 6.51. The minimum atomic E-state index is -0.450. The number of imidazole rings is 1. The molecular weight excluding hydrogens is 460 g/mol. The SMILES string of the molecule is Cn1c(Oc2ccc(Cl)cc2)nc2c1c(=O)n(Cc1ccccc1Br)c(=O)n2C. The lowest BCUT2D eigenvalue weighted by Crippen LogP contribution is -2.39. The van der Waals surface area contributed by atoms with Crippen molar-refractivity contribution < 1.29 is 4.74 Å². The summed E-state index contributed by atoms with van der Waals surface area (Å²) in [4.78, 5) is 30.4. The number of halogens is 2. The van der Waals surface area contributed by atoms with E-state index in [0.717, 1.165) is 10.0 Å². The van der Waals surface area contributed by atoms with E-state index < -0.39 is 11.2 Å². The molecule has 0 spiro atoms. The van der Waals surface area contributed by atoms with E-state index in [4.69, 9.17) is 16.3 Å². The van der Waals surface area contributed by atoms with Crippen LogP contribution in [0, 0.1) is 0 Å². The van der Waals surface area contributed by atoms with Crippen LogP contribution in [0.3, 0.4) is 0 Å². The summed E-state index contributed by atoms with van der Waals surface area (Å²) in [6.45, 7) is 0.140. The highest BCUT2D eigenvalue weighted by Gasteiger charge is 2.20. The summed E-state index contributed by atoms with van der Waals surface area (Å²) in [5, 5.41) is 0.583. The topological polar surface area (TPSA) is 71.1 Å². The van der Waals surface area contributed by atoms with Crippen molar-refractivity contribution in [1.29, 1.82) is 0 Å². The largest absolute Gasteiger partial charge is 0.425 e. The lowest BCUT2D eigenvalue weighted by Gasteiger charge is -2.10. The lowest BCUT2D eigenvalue weighted by atomic mass is 10.2. The molecule has 0 saturated heterocycles. The molecule has 0 N–H and O–H groups in total. The van der Waals surface area contributed by atoms with Crippen molar-refractivity contribution in [2.24, 2.45) is 14.1 Å². The van der Waals surface area contributed by atoms with E-state index in [1.807, 2.05) is 24.3 Å². The Bertz CT molecular complexity index is 1340. The molecule has 7 nitrogen and oxygen atoms in total. The molecule has 0 unspecified atom stereocenters. The van der Waals surface area contributed by atoms with Crippen LogP contribution in [0.4, 0.5) is 0 Å². The van der Waals surface area contributed by atoms with Crippen molar-refractivity contribution in [3.63, 3.8) is 0 Å². The van der Waals surface area contributed by atoms with Crippen LogP contribution in [-0.2, 0) is 20.6 Å². The van der Waals surface area contributed by atoms with Crippen LogP contribution in [-0.4, -0.2) is 18.7 Å². The van der Waals surface area contributed by atoms with Gasteiger partial charge in [-0.05, 0) is 35.9 Å². The monoisotopic (exact) mass is 474 g/mol. The molecule has 0 bridgehead atoms. The Hall–Kier alpha value is -2.84. The predicted octanol–water partition coefficient (Wildman–Crippen LogP) is 3.69. The van der Waals surface area contributed by atoms with Crippen LogP contribution in [0.1, 0.15) is 5.56 Å². The first-order valence-corrected chi connectivity index (χ1v) is 9.87. The van der Waals surface area contributed by atoms with Crippen molar-refractivity contribution in [2.45, 2.75) is 6.54 Å². The van der Waals surface area contributed by atoms with E-state index in [-0.39, 0.29) is 23.7 Å². The van der Waals surface area contributed by atoms with Crippen molar-refractivity contribution in [3.05, 3.63) is 84.4 Å². The van der Waals surface area contributed by atoms with Gasteiger partial charge in [0.25, 0.3) is 5.56 Å². The molecule has 2 heterocycles. The highest BCUT2D eigenvalue weighted by atomic mass is 79.9. The smallest absolute Gasteiger partial charge is 0.332 e. The maximum absolute atomic E-state index is 13.1. The van der Waals surface area contributed by atoms with Crippen LogP contribution in [0.15, 0.2) is 62.6 Å². The normalized spacial score (nSPS) is 11.2. The molecule has 4 aromatic rings. The fraction of sp³-hybridized carbons (Fsp3) is 0.150. The quantitative estimate of drug-likeness (QED) is 0.451. The van der Waals surface area contributed by atoms with Gasteiger partial charge in [0.2, 0.25) is 0 Å². The Balaban J connectivity index is 1.85. The summed E-state index contributed by atoms with van der Waals surface area (Å²) in [5.41, 5.74) is 0.484. The number of benzene rings is 2. The number of aryl methyl sites for hydroxylation is 2. The third-order valence-electron chi connectivity index (χ3n) is 4.63. The third kappa shape index (κ3) is 3.49. The highest BCUT2D eigenvalue weighted by Crippen LogP contribution is 2.24. The van der Waals surface area contributed by atoms with Gasteiger partial charge >= 0.3 is 11.7 Å². The molecule has 0 radical (unpaired) electrons. The van der Waals surface area contributed by atoms with Crippen LogP contribution in [0.2, 0.25) is 5.02 Å². The summed E-state index contributed by atoms with van der Waals surface area (Å²) in [7, 11) is 3.26. The Morgan fingerprint density at radius 3 is 2.41 bits per heavy atom. The standard InChI is InChI=1S/C20H16BrClN4O3/c1-24-16-17(23-19(24)29-14-9-7-13(22)8-10-14)25(2)20(28)26(18(16)27)11-12-5-3-4-6-15(12)21/h3-10H,11H2,1-2H3. The highest BCUT2D eigenvalue weighted by molar-refractivity contribution is 9.10. The lowest BCUT2D eigenvalue weighted by molar-refractivity contribution is 0.427. The van der Waals surface area contributed by atoms with Crippen molar-refractivity contribution in [1.82, 2.24) is 18.7 Å². The number of fused-ring (bicyclic) bond motifs is 1. The molecule has 2 aromatic heterocycles. The third-order valence-corrected chi connectivity index (χ3v) is 5.65. The minimum absolute atomic E-state index is 0.140. The minimum Gasteiger partial charge on any atom is -0.425 e. The van der Waals surface area contributed by atoms with E-state index in [2.05, 4.69) is 20.9 Å². The zero-order chi connectivity index (χ0) is 20.7. The number of aromatic nitrogens is 4. The fourth-order valence-electron chi connectivity index (χ4n) is 3.06. The Morgan fingerprint density at radius 1 is 1.03 bits per heavy atom. The maximum Gasteiger partial charge on any atom is 0.332 e. The Morgan fingerprint density at radius 2 is 1.72 bits per heavy atom. The molecule has 0 aliphatic rings. The number of hydrogen-bond acceptors (Lipinski definition) is 4. The molecule has 0 fully saturated rings. The van der Waals surface area contributed by atoms with Crippen molar-refractivity contribution in [2.75, 3.05) is 0 Å². The second kappa shape index (κ2) is 7.53. The van der Waals surface area contributed by atoms with E-state index in [9.17, 15) is 9.59 Å². The second-order valence-corrected chi connectivity index (χ2v) is 7.80. The number of nitrogens with zero attached hydrogens (tertiary/aromatic N) is 4. The summed E-state index contributed by atoms with van der Waals surface area (Å²) >= 11 is 9.36. The summed E-state index contributed by atoms with van der Waals surface area (Å²) in [6, 6.07) is 14.4. The van der Waals surface area contributed by atoms with Crippen LogP contribution >= 0.6 is 27.5 Å². The van der Waals surface area contributed by atoms with Crippen LogP contribution < -0.4 is 16.0 Å². The molecule has 0 atom stereocenters. The first-order chi connectivity index (χ1) is 13.9. The Kier molecular flexibility index (Phi) is 5.06. The molecule has 0 amide bonds. The van der Waals surface area contributed by atoms with Gasteiger partial charge in [-0.2, -0.15) is 4.98 Å². The van der Waals surface area contributed by atoms with Crippen molar-refractivity contribution >= 4 is 38.7 Å². The van der Waals surface area contributed by atoms with Gasteiger partial charge in [-0.25, -0.2) is 4.79 Å². The zero-order valence-electron chi connectivity index (χ0n) is 15.6. The average molecular weight is 476 g/mol. The van der Waals surface area contributed by atoms with Crippen LogP contribution in [0.5, 0.6) is 11.8 Å². The van der Waals surface area contributed by atoms with Crippen molar-refractivity contribution in [3.8, 4) is 11.8 Å². The molecule has 0 aliphatic carbocycles. The first kappa shape index (κ1) is 19.5. The van der Waals surface area contributed by atoms with E-state index in [1.54, 1.807) is 42.9 Å². The van der Waals surface area contributed by atoms with Gasteiger partial charge in [-0.15, -0.1) is 0 Å². The molecule has 9 heteroatoms. The van der Waals surface area contributed by atoms with Gasteiger partial charge in [0.15, 0.2) is 11.2 Å².